The first-order valence-corrected chi connectivity index (χ1v) is 8.31. The maximum absolute atomic E-state index is 12.6. The van der Waals surface area contributed by atoms with Gasteiger partial charge < -0.3 is 5.73 Å². The molecule has 3 aromatic carbocycles. The Morgan fingerprint density at radius 3 is 2.44 bits per heavy atom. The molecular formula is C22H18N2O. The second-order valence-electron chi connectivity index (χ2n) is 6.26. The molecule has 122 valence electrons. The number of nitrogens with two attached hydrogens (primary N) is 1. The summed E-state index contributed by atoms with van der Waals surface area (Å²) in [6, 6.07) is 23.3. The van der Waals surface area contributed by atoms with E-state index >= 15 is 0 Å². The predicted molar refractivity (Wildman–Crippen MR) is 101 cm³/mol. The lowest BCUT2D eigenvalue weighted by molar-refractivity contribution is -0.119. The van der Waals surface area contributed by atoms with Crippen LogP contribution in [0.25, 0.3) is 21.7 Å². The van der Waals surface area contributed by atoms with Crippen LogP contribution < -0.4 is 5.73 Å². The molecule has 25 heavy (non-hydrogen) atoms. The first-order valence-electron chi connectivity index (χ1n) is 8.31. The fraction of sp³-hybridized carbons (Fsp3) is 0.0909. The van der Waals surface area contributed by atoms with Crippen molar-refractivity contribution < 1.29 is 4.79 Å². The van der Waals surface area contributed by atoms with Crippen LogP contribution in [0.2, 0.25) is 0 Å². The Hall–Kier alpha value is -3.04. The summed E-state index contributed by atoms with van der Waals surface area (Å²) in [5.41, 5.74) is 8.88. The zero-order valence-electron chi connectivity index (χ0n) is 13.7. The molecule has 3 heteroatoms. The van der Waals surface area contributed by atoms with E-state index in [1.165, 1.54) is 0 Å². The molecule has 0 amide bonds. The number of Topliss-reactive ketones (excluding diaryl/α,β-unsaturated/α-hetero) is 1. The predicted octanol–water partition coefficient (Wildman–Crippen LogP) is 4.20. The lowest BCUT2D eigenvalue weighted by atomic mass is 9.96. The minimum absolute atomic E-state index is 0.00707. The first-order chi connectivity index (χ1) is 12.2. The lowest BCUT2D eigenvalue weighted by Crippen LogP contribution is -2.23. The third-order valence-corrected chi connectivity index (χ3v) is 4.50. The van der Waals surface area contributed by atoms with Crippen molar-refractivity contribution >= 4 is 27.5 Å². The summed E-state index contributed by atoms with van der Waals surface area (Å²) < 4.78 is 0. The summed E-state index contributed by atoms with van der Waals surface area (Å²) in [4.78, 5) is 17.0. The van der Waals surface area contributed by atoms with Crippen molar-refractivity contribution in [3.8, 4) is 0 Å². The van der Waals surface area contributed by atoms with E-state index in [2.05, 4.69) is 4.98 Å². The van der Waals surface area contributed by atoms with Crippen molar-refractivity contribution in [2.24, 2.45) is 5.73 Å². The zero-order chi connectivity index (χ0) is 17.2. The fourth-order valence-corrected chi connectivity index (χ4v) is 3.11. The number of pyridine rings is 1. The van der Waals surface area contributed by atoms with Crippen molar-refractivity contribution in [1.29, 1.82) is 0 Å². The first kappa shape index (κ1) is 15.5. The Bertz CT molecular complexity index is 1070. The van der Waals surface area contributed by atoms with E-state index in [1.807, 2.05) is 72.8 Å². The standard InChI is InChI=1S/C22H18N2O/c23-22(19-10-9-16-5-1-2-6-17(16)13-19)21(25)12-15-11-18-7-3-4-8-20(18)24-14-15/h1-11,13-14,22H,12,23H2/t22-/m0/s1. The van der Waals surface area contributed by atoms with Gasteiger partial charge in [-0.05, 0) is 40.1 Å². The number of hydrogen-bond donors (Lipinski definition) is 1. The summed E-state index contributed by atoms with van der Waals surface area (Å²) in [7, 11) is 0. The van der Waals surface area contributed by atoms with Crippen molar-refractivity contribution in [2.75, 3.05) is 0 Å². The minimum atomic E-state index is -0.629. The van der Waals surface area contributed by atoms with Gasteiger partial charge in [-0.1, -0.05) is 54.6 Å². The lowest BCUT2D eigenvalue weighted by Gasteiger charge is -2.12. The monoisotopic (exact) mass is 326 g/mol. The van der Waals surface area contributed by atoms with Gasteiger partial charge in [0, 0.05) is 18.0 Å². The van der Waals surface area contributed by atoms with Crippen LogP contribution >= 0.6 is 0 Å². The van der Waals surface area contributed by atoms with Crippen LogP contribution in [0.1, 0.15) is 17.2 Å². The van der Waals surface area contributed by atoms with Crippen LogP contribution in [-0.4, -0.2) is 10.8 Å². The highest BCUT2D eigenvalue weighted by atomic mass is 16.1. The molecule has 1 heterocycles. The summed E-state index contributed by atoms with van der Waals surface area (Å²) in [6.07, 6.45) is 2.04. The molecule has 0 aliphatic heterocycles. The summed E-state index contributed by atoms with van der Waals surface area (Å²) in [5, 5.41) is 3.27. The van der Waals surface area contributed by atoms with Gasteiger partial charge >= 0.3 is 0 Å². The van der Waals surface area contributed by atoms with Crippen LogP contribution in [0.4, 0.5) is 0 Å². The van der Waals surface area contributed by atoms with Crippen LogP contribution in [0, 0.1) is 0 Å². The van der Waals surface area contributed by atoms with Crippen molar-refractivity contribution in [2.45, 2.75) is 12.5 Å². The molecule has 4 aromatic rings. The SMILES string of the molecule is N[C@H](C(=O)Cc1cnc2ccccc2c1)c1ccc2ccccc2c1. The largest absolute Gasteiger partial charge is 0.318 e. The smallest absolute Gasteiger partial charge is 0.158 e. The number of para-hydroxylation sites is 1. The van der Waals surface area contributed by atoms with Crippen LogP contribution in [-0.2, 0) is 11.2 Å². The number of rotatable bonds is 4. The van der Waals surface area contributed by atoms with Gasteiger partial charge in [0.15, 0.2) is 5.78 Å². The molecule has 1 aromatic heterocycles. The topological polar surface area (TPSA) is 56.0 Å². The van der Waals surface area contributed by atoms with Crippen molar-refractivity contribution in [3.05, 3.63) is 90.1 Å². The van der Waals surface area contributed by atoms with E-state index in [9.17, 15) is 4.79 Å². The van der Waals surface area contributed by atoms with Crippen LogP contribution in [0.15, 0.2) is 79.0 Å². The molecule has 0 aliphatic carbocycles. The quantitative estimate of drug-likeness (QED) is 0.611. The molecule has 0 fully saturated rings. The Balaban J connectivity index is 1.57. The van der Waals surface area contributed by atoms with Gasteiger partial charge in [0.1, 0.15) is 0 Å². The number of ketones is 1. The van der Waals surface area contributed by atoms with E-state index in [0.717, 1.165) is 32.8 Å². The fourth-order valence-electron chi connectivity index (χ4n) is 3.11. The number of benzene rings is 3. The molecule has 0 aliphatic rings. The van der Waals surface area contributed by atoms with Gasteiger partial charge in [-0.3, -0.25) is 9.78 Å². The molecule has 0 saturated heterocycles. The van der Waals surface area contributed by atoms with Crippen LogP contribution in [0.3, 0.4) is 0 Å². The zero-order valence-corrected chi connectivity index (χ0v) is 13.7. The Morgan fingerprint density at radius 2 is 1.60 bits per heavy atom. The molecule has 0 bridgehead atoms. The maximum atomic E-state index is 12.6. The Labute approximate surface area is 146 Å². The number of aromatic nitrogens is 1. The third kappa shape index (κ3) is 3.14. The van der Waals surface area contributed by atoms with E-state index in [-0.39, 0.29) is 12.2 Å². The molecule has 0 saturated carbocycles. The second kappa shape index (κ2) is 6.46. The number of nitrogens with zero attached hydrogens (tertiary/aromatic N) is 1. The highest BCUT2D eigenvalue weighted by molar-refractivity contribution is 5.90. The van der Waals surface area contributed by atoms with Crippen molar-refractivity contribution in [1.82, 2.24) is 4.98 Å². The van der Waals surface area contributed by atoms with Gasteiger partial charge in [-0.2, -0.15) is 0 Å². The minimum Gasteiger partial charge on any atom is -0.318 e. The Kier molecular flexibility index (Phi) is 4.00. The normalized spacial score (nSPS) is 12.4. The average Bonchev–Trinajstić information content (AvgIpc) is 2.67. The van der Waals surface area contributed by atoms with E-state index in [0.29, 0.717) is 0 Å². The Morgan fingerprint density at radius 1 is 0.880 bits per heavy atom. The van der Waals surface area contributed by atoms with Crippen LogP contribution in [0.5, 0.6) is 0 Å². The highest BCUT2D eigenvalue weighted by Gasteiger charge is 2.17. The number of carbonyl (C=O) groups excluding carboxylic acids is 1. The molecule has 4 rings (SSSR count). The molecule has 0 unspecified atom stereocenters. The van der Waals surface area contributed by atoms with Gasteiger partial charge in [-0.25, -0.2) is 0 Å². The van der Waals surface area contributed by atoms with Gasteiger partial charge in [0.05, 0.1) is 11.6 Å². The number of carbonyl (C=O) groups is 1. The molecule has 1 atom stereocenters. The van der Waals surface area contributed by atoms with E-state index in [4.69, 9.17) is 5.73 Å². The van der Waals surface area contributed by atoms with E-state index in [1.54, 1.807) is 6.20 Å². The maximum Gasteiger partial charge on any atom is 0.158 e. The third-order valence-electron chi connectivity index (χ3n) is 4.50. The van der Waals surface area contributed by atoms with Gasteiger partial charge in [-0.15, -0.1) is 0 Å². The summed E-state index contributed by atoms with van der Waals surface area (Å²) in [6.45, 7) is 0. The van der Waals surface area contributed by atoms with E-state index < -0.39 is 6.04 Å². The molecule has 2 N–H and O–H groups in total. The van der Waals surface area contributed by atoms with Gasteiger partial charge in [0.25, 0.3) is 0 Å². The molecule has 0 radical (unpaired) electrons. The van der Waals surface area contributed by atoms with Gasteiger partial charge in [0.2, 0.25) is 0 Å². The molecular weight excluding hydrogens is 308 g/mol. The molecule has 3 nitrogen and oxygen atoms in total. The molecule has 0 spiro atoms. The number of fused-ring (bicyclic) bond motifs is 2. The highest BCUT2D eigenvalue weighted by Crippen LogP contribution is 2.21. The summed E-state index contributed by atoms with van der Waals surface area (Å²) in [5.74, 6) is -0.00707. The average molecular weight is 326 g/mol. The summed E-state index contributed by atoms with van der Waals surface area (Å²) >= 11 is 0. The number of hydrogen-bond acceptors (Lipinski definition) is 3. The van der Waals surface area contributed by atoms with Crippen molar-refractivity contribution in [3.63, 3.8) is 0 Å². The second-order valence-corrected chi connectivity index (χ2v) is 6.26.